The van der Waals surface area contributed by atoms with Crippen LogP contribution in [0, 0.1) is 6.92 Å². The highest BCUT2D eigenvalue weighted by molar-refractivity contribution is 7.92. The molecule has 4 aromatic carbocycles. The van der Waals surface area contributed by atoms with Crippen molar-refractivity contribution in [3.05, 3.63) is 131 Å². The predicted octanol–water partition coefficient (Wildman–Crippen LogP) is 6.21. The van der Waals surface area contributed by atoms with Crippen LogP contribution in [-0.4, -0.2) is 66.3 Å². The number of aliphatic hydroxyl groups is 1. The number of hydrogen-bond donors (Lipinski definition) is 2. The summed E-state index contributed by atoms with van der Waals surface area (Å²) in [6.07, 6.45) is 1.29. The van der Waals surface area contributed by atoms with Gasteiger partial charge < -0.3 is 14.7 Å². The first kappa shape index (κ1) is 30.9. The largest absolute Gasteiger partial charge is 0.370 e. The van der Waals surface area contributed by atoms with Crippen LogP contribution in [0.15, 0.2) is 102 Å². The van der Waals surface area contributed by atoms with Gasteiger partial charge in [-0.2, -0.15) is 0 Å². The van der Waals surface area contributed by atoms with Gasteiger partial charge in [-0.1, -0.05) is 72.3 Å². The molecule has 0 radical (unpaired) electrons. The van der Waals surface area contributed by atoms with Gasteiger partial charge in [0.25, 0.3) is 10.0 Å². The van der Waals surface area contributed by atoms with Crippen molar-refractivity contribution in [1.82, 2.24) is 19.4 Å². The molecule has 2 atom stereocenters. The molecule has 2 aliphatic rings. The van der Waals surface area contributed by atoms with E-state index in [1.165, 1.54) is 43.1 Å². The van der Waals surface area contributed by atoms with E-state index in [1.807, 2.05) is 32.2 Å². The molecule has 2 aromatic heterocycles. The van der Waals surface area contributed by atoms with Gasteiger partial charge >= 0.3 is 0 Å². The topological polar surface area (TPSA) is 84.8 Å². The van der Waals surface area contributed by atoms with Crippen LogP contribution in [-0.2, 0) is 36.0 Å². The van der Waals surface area contributed by atoms with E-state index in [1.54, 1.807) is 30.3 Å². The van der Waals surface area contributed by atoms with E-state index in [9.17, 15) is 13.5 Å². The summed E-state index contributed by atoms with van der Waals surface area (Å²) in [6, 6.07) is 31.0. The number of H-pyrrole nitrogens is 1. The zero-order valence-corrected chi connectivity index (χ0v) is 28.4. The molecular weight excluding hydrogens is 619 g/mol. The maximum Gasteiger partial charge on any atom is 0.266 e. The van der Waals surface area contributed by atoms with Gasteiger partial charge in [-0.3, -0.25) is 9.80 Å². The summed E-state index contributed by atoms with van der Waals surface area (Å²) < 4.78 is 31.5. The maximum atomic E-state index is 13.9. The second-order valence-corrected chi connectivity index (χ2v) is 15.2. The third kappa shape index (κ3) is 5.04. The van der Waals surface area contributed by atoms with Crippen LogP contribution in [0.1, 0.15) is 39.7 Å². The second-order valence-electron chi connectivity index (χ2n) is 13.4. The number of para-hydroxylation sites is 3. The van der Waals surface area contributed by atoms with Crippen LogP contribution >= 0.6 is 0 Å². The van der Waals surface area contributed by atoms with Crippen molar-refractivity contribution in [2.45, 2.75) is 50.0 Å². The standard InChI is InChI=1S/C39H41N5O3S/c1-26-16-18-27(19-17-26)48(46,47)44-37-15-9-6-12-30(37)38(39(44)45)42(3)23-20-34-31(28-10-4-7-13-33(28)40-34)24-32-29-11-5-8-14-35(29)43-25-41(2)22-21-36(32)43/h4-19,38-40,45H,20-25H2,1-3H3/t38-,39+/m0/s1. The van der Waals surface area contributed by atoms with Crippen molar-refractivity contribution in [2.75, 3.05) is 31.5 Å². The van der Waals surface area contributed by atoms with Crippen LogP contribution < -0.4 is 4.31 Å². The van der Waals surface area contributed by atoms with E-state index in [-0.39, 0.29) is 4.90 Å². The summed E-state index contributed by atoms with van der Waals surface area (Å²) in [5.41, 5.74) is 9.99. The van der Waals surface area contributed by atoms with Crippen LogP contribution in [0.5, 0.6) is 0 Å². The third-order valence-electron chi connectivity index (χ3n) is 10.3. The fourth-order valence-corrected chi connectivity index (χ4v) is 9.42. The molecule has 2 N–H and O–H groups in total. The maximum absolute atomic E-state index is 13.9. The van der Waals surface area contributed by atoms with Gasteiger partial charge in [-0.25, -0.2) is 12.7 Å². The molecule has 8 nitrogen and oxygen atoms in total. The highest BCUT2D eigenvalue weighted by Gasteiger charge is 2.45. The highest BCUT2D eigenvalue weighted by atomic mass is 32.2. The van der Waals surface area contributed by atoms with E-state index in [0.29, 0.717) is 18.7 Å². The minimum atomic E-state index is -3.99. The number of hydrogen-bond acceptors (Lipinski definition) is 5. The van der Waals surface area contributed by atoms with Crippen LogP contribution in [0.25, 0.3) is 21.8 Å². The number of likely N-dealkylation sites (N-methyl/N-ethyl adjacent to an activating group) is 2. The van der Waals surface area contributed by atoms with E-state index >= 15 is 0 Å². The van der Waals surface area contributed by atoms with Crippen molar-refractivity contribution in [3.63, 3.8) is 0 Å². The second kappa shape index (κ2) is 11.9. The Balaban J connectivity index is 1.11. The minimum Gasteiger partial charge on any atom is -0.370 e. The fourth-order valence-electron chi connectivity index (χ4n) is 7.89. The van der Waals surface area contributed by atoms with Crippen LogP contribution in [0.3, 0.4) is 0 Å². The van der Waals surface area contributed by atoms with E-state index in [0.717, 1.165) is 42.7 Å². The molecule has 0 bridgehead atoms. The fraction of sp³-hybridized carbons (Fsp3) is 0.282. The quantitative estimate of drug-likeness (QED) is 0.203. The van der Waals surface area contributed by atoms with Crippen molar-refractivity contribution in [3.8, 4) is 0 Å². The zero-order chi connectivity index (χ0) is 33.2. The Labute approximate surface area is 281 Å². The molecule has 0 unspecified atom stereocenters. The number of aliphatic hydroxyl groups excluding tert-OH is 1. The number of rotatable bonds is 8. The lowest BCUT2D eigenvalue weighted by Gasteiger charge is -2.30. The number of sulfonamides is 1. The zero-order valence-electron chi connectivity index (χ0n) is 27.6. The first-order chi connectivity index (χ1) is 23.2. The Morgan fingerprint density at radius 2 is 1.60 bits per heavy atom. The average molecular weight is 660 g/mol. The van der Waals surface area contributed by atoms with Gasteiger partial charge in [0.2, 0.25) is 0 Å². The number of aromatic nitrogens is 2. The van der Waals surface area contributed by atoms with Gasteiger partial charge in [-0.15, -0.1) is 0 Å². The number of fused-ring (bicyclic) bond motifs is 5. The highest BCUT2D eigenvalue weighted by Crippen LogP contribution is 2.44. The molecule has 2 aliphatic heterocycles. The summed E-state index contributed by atoms with van der Waals surface area (Å²) in [7, 11) is 0.170. The van der Waals surface area contributed by atoms with Crippen molar-refractivity contribution < 1.29 is 13.5 Å². The average Bonchev–Trinajstić information content (AvgIpc) is 3.71. The van der Waals surface area contributed by atoms with E-state index in [2.05, 4.69) is 74.9 Å². The van der Waals surface area contributed by atoms with E-state index in [4.69, 9.17) is 0 Å². The summed E-state index contributed by atoms with van der Waals surface area (Å²) >= 11 is 0. The molecule has 4 heterocycles. The lowest BCUT2D eigenvalue weighted by atomic mass is 9.97. The number of benzene rings is 4. The first-order valence-corrected chi connectivity index (χ1v) is 18.1. The Morgan fingerprint density at radius 3 is 2.42 bits per heavy atom. The summed E-state index contributed by atoms with van der Waals surface area (Å²) in [4.78, 5) is 8.37. The van der Waals surface area contributed by atoms with Gasteiger partial charge in [0.05, 0.1) is 23.3 Å². The monoisotopic (exact) mass is 659 g/mol. The van der Waals surface area contributed by atoms with Crippen molar-refractivity contribution in [1.29, 1.82) is 0 Å². The number of nitrogens with one attached hydrogen (secondary N) is 1. The van der Waals surface area contributed by atoms with Gasteiger partial charge in [0.1, 0.15) is 0 Å². The molecule has 6 aromatic rings. The number of aryl methyl sites for hydroxylation is 1. The number of aromatic amines is 1. The van der Waals surface area contributed by atoms with Gasteiger partial charge in [-0.05, 0) is 68.0 Å². The molecule has 0 fully saturated rings. The predicted molar refractivity (Wildman–Crippen MR) is 192 cm³/mol. The van der Waals surface area contributed by atoms with Gasteiger partial charge in [0, 0.05) is 65.5 Å². The molecule has 0 amide bonds. The molecule has 48 heavy (non-hydrogen) atoms. The Bertz CT molecular complexity index is 2260. The normalized spacial score (nSPS) is 18.2. The summed E-state index contributed by atoms with van der Waals surface area (Å²) in [6.45, 7) is 4.47. The molecular formula is C39H41N5O3S. The molecule has 246 valence electrons. The molecule has 0 spiro atoms. The summed E-state index contributed by atoms with van der Waals surface area (Å²) in [5, 5.41) is 14.3. The van der Waals surface area contributed by atoms with Crippen molar-refractivity contribution >= 4 is 37.5 Å². The Morgan fingerprint density at radius 1 is 0.896 bits per heavy atom. The molecule has 0 saturated heterocycles. The lowest BCUT2D eigenvalue weighted by Crippen LogP contribution is -2.43. The molecule has 0 saturated carbocycles. The smallest absolute Gasteiger partial charge is 0.266 e. The summed E-state index contributed by atoms with van der Waals surface area (Å²) in [5.74, 6) is 0. The Hall–Kier alpha value is -4.41. The van der Waals surface area contributed by atoms with Crippen LogP contribution in [0.2, 0.25) is 0 Å². The number of nitrogens with zero attached hydrogens (tertiary/aromatic N) is 4. The van der Waals surface area contributed by atoms with E-state index < -0.39 is 22.3 Å². The molecule has 0 aliphatic carbocycles. The SMILES string of the molecule is Cc1ccc(S(=O)(=O)N2c3ccccc3[C@H](N(C)CCc3[nH]c4ccccc4c3Cc3c4n(c5ccccc35)CN(C)CC4)[C@H]2O)cc1. The third-order valence-corrected chi connectivity index (χ3v) is 12.1. The van der Waals surface area contributed by atoms with Crippen molar-refractivity contribution in [2.24, 2.45) is 0 Å². The Kier molecular flexibility index (Phi) is 7.68. The lowest BCUT2D eigenvalue weighted by molar-refractivity contribution is 0.0826. The van der Waals surface area contributed by atoms with Crippen LogP contribution in [0.4, 0.5) is 5.69 Å². The minimum absolute atomic E-state index is 0.167. The molecule has 9 heteroatoms. The molecule has 8 rings (SSSR count). The first-order valence-electron chi connectivity index (χ1n) is 16.7. The van der Waals surface area contributed by atoms with Gasteiger partial charge in [0.15, 0.2) is 6.23 Å². The number of anilines is 1.